The number of aliphatic hydroxyl groups is 1. The van der Waals surface area contributed by atoms with Gasteiger partial charge >= 0.3 is 0 Å². The van der Waals surface area contributed by atoms with E-state index in [9.17, 15) is 5.11 Å². The first-order valence-electron chi connectivity index (χ1n) is 6.43. The minimum absolute atomic E-state index is 0.0439. The van der Waals surface area contributed by atoms with Crippen LogP contribution >= 0.6 is 0 Å². The van der Waals surface area contributed by atoms with Gasteiger partial charge in [0.1, 0.15) is 6.10 Å². The van der Waals surface area contributed by atoms with Crippen molar-refractivity contribution >= 4 is 0 Å². The molecule has 0 radical (unpaired) electrons. The van der Waals surface area contributed by atoms with Crippen molar-refractivity contribution in [1.29, 1.82) is 0 Å². The first-order valence-corrected chi connectivity index (χ1v) is 6.43. The molecule has 0 aliphatic rings. The molecule has 0 saturated heterocycles. The lowest BCUT2D eigenvalue weighted by Gasteiger charge is -2.23. The zero-order valence-electron chi connectivity index (χ0n) is 11.4. The molecule has 0 aliphatic carbocycles. The van der Waals surface area contributed by atoms with E-state index in [1.165, 1.54) is 5.56 Å². The van der Waals surface area contributed by atoms with Crippen molar-refractivity contribution in [3.8, 4) is 0 Å². The number of hydrogen-bond donors (Lipinski definition) is 2. The second-order valence-electron chi connectivity index (χ2n) is 5.40. The van der Waals surface area contributed by atoms with Crippen molar-refractivity contribution in [1.82, 2.24) is 4.98 Å². The lowest BCUT2D eigenvalue weighted by molar-refractivity contribution is 0.220. The summed E-state index contributed by atoms with van der Waals surface area (Å²) in [7, 11) is 0. The van der Waals surface area contributed by atoms with Crippen molar-refractivity contribution < 1.29 is 5.11 Å². The normalized spacial score (nSPS) is 13.3. The zero-order chi connectivity index (χ0) is 13.9. The lowest BCUT2D eigenvalue weighted by atomic mass is 9.84. The topological polar surface area (TPSA) is 59.1 Å². The molecule has 0 bridgehead atoms. The molecule has 3 N–H and O–H groups in total. The fourth-order valence-electron chi connectivity index (χ4n) is 1.96. The van der Waals surface area contributed by atoms with Crippen LogP contribution in [0.15, 0.2) is 48.8 Å². The minimum atomic E-state index is -0.635. The fraction of sp³-hybridized carbons (Fsp3) is 0.312. The van der Waals surface area contributed by atoms with Crippen LogP contribution in [0.4, 0.5) is 0 Å². The number of aliphatic hydroxyl groups excluding tert-OH is 1. The number of nitrogens with zero attached hydrogens (tertiary/aromatic N) is 1. The van der Waals surface area contributed by atoms with E-state index >= 15 is 0 Å². The Balaban J connectivity index is 2.24. The van der Waals surface area contributed by atoms with Gasteiger partial charge < -0.3 is 10.8 Å². The molecule has 2 rings (SSSR count). The Morgan fingerprint density at radius 1 is 1.16 bits per heavy atom. The van der Waals surface area contributed by atoms with E-state index in [4.69, 9.17) is 5.73 Å². The third-order valence-electron chi connectivity index (χ3n) is 3.52. The number of rotatable bonds is 4. The monoisotopic (exact) mass is 256 g/mol. The van der Waals surface area contributed by atoms with Crippen LogP contribution in [0.5, 0.6) is 0 Å². The van der Waals surface area contributed by atoms with E-state index in [1.807, 2.05) is 36.4 Å². The van der Waals surface area contributed by atoms with Crippen LogP contribution in [0.1, 0.15) is 36.6 Å². The van der Waals surface area contributed by atoms with Crippen molar-refractivity contribution in [2.45, 2.75) is 25.4 Å². The quantitative estimate of drug-likeness (QED) is 0.883. The van der Waals surface area contributed by atoms with Crippen LogP contribution < -0.4 is 5.73 Å². The van der Waals surface area contributed by atoms with Crippen molar-refractivity contribution in [3.63, 3.8) is 0 Å². The molecule has 0 spiro atoms. The first-order chi connectivity index (χ1) is 9.04. The summed E-state index contributed by atoms with van der Waals surface area (Å²) in [4.78, 5) is 4.02. The molecule has 100 valence electrons. The van der Waals surface area contributed by atoms with Gasteiger partial charge in [0.05, 0.1) is 0 Å². The van der Waals surface area contributed by atoms with Gasteiger partial charge in [-0.2, -0.15) is 0 Å². The first kappa shape index (κ1) is 13.7. The highest BCUT2D eigenvalue weighted by Crippen LogP contribution is 2.26. The summed E-state index contributed by atoms with van der Waals surface area (Å²) in [6.07, 6.45) is 2.75. The Bertz CT molecular complexity index is 520. The number of pyridine rings is 1. The second kappa shape index (κ2) is 5.51. The highest BCUT2D eigenvalue weighted by molar-refractivity contribution is 5.33. The Kier molecular flexibility index (Phi) is 3.98. The van der Waals surface area contributed by atoms with Gasteiger partial charge in [-0.3, -0.25) is 4.98 Å². The predicted molar refractivity (Wildman–Crippen MR) is 76.8 cm³/mol. The van der Waals surface area contributed by atoms with Crippen LogP contribution in [0, 0.1) is 0 Å². The summed E-state index contributed by atoms with van der Waals surface area (Å²) in [5, 5.41) is 10.3. The van der Waals surface area contributed by atoms with Crippen LogP contribution in [0.2, 0.25) is 0 Å². The Labute approximate surface area is 114 Å². The molecule has 1 atom stereocenters. The average molecular weight is 256 g/mol. The van der Waals surface area contributed by atoms with E-state index < -0.39 is 6.10 Å². The third-order valence-corrected chi connectivity index (χ3v) is 3.52. The van der Waals surface area contributed by atoms with Crippen LogP contribution in [0.3, 0.4) is 0 Å². The predicted octanol–water partition coefficient (Wildman–Crippen LogP) is 2.40. The summed E-state index contributed by atoms with van der Waals surface area (Å²) < 4.78 is 0. The smallest absolute Gasteiger partial charge is 0.106 e. The molecule has 1 unspecified atom stereocenters. The zero-order valence-corrected chi connectivity index (χ0v) is 11.4. The molecular formula is C16H20N2O. The van der Waals surface area contributed by atoms with E-state index in [0.717, 1.165) is 11.1 Å². The summed E-state index contributed by atoms with van der Waals surface area (Å²) in [5.74, 6) is 0. The number of nitrogens with two attached hydrogens (primary N) is 1. The molecule has 0 fully saturated rings. The van der Waals surface area contributed by atoms with Gasteiger partial charge in [0.15, 0.2) is 0 Å². The summed E-state index contributed by atoms with van der Waals surface area (Å²) >= 11 is 0. The lowest BCUT2D eigenvalue weighted by Crippen LogP contribution is -2.28. The molecule has 0 aliphatic heterocycles. The van der Waals surface area contributed by atoms with E-state index in [2.05, 4.69) is 18.8 Å². The van der Waals surface area contributed by atoms with Gasteiger partial charge in [0.25, 0.3) is 0 Å². The van der Waals surface area contributed by atoms with Crippen LogP contribution in [-0.4, -0.2) is 16.6 Å². The maximum absolute atomic E-state index is 10.3. The maximum Gasteiger partial charge on any atom is 0.106 e. The molecule has 19 heavy (non-hydrogen) atoms. The highest BCUT2D eigenvalue weighted by Gasteiger charge is 2.19. The molecule has 1 heterocycles. The van der Waals surface area contributed by atoms with E-state index in [0.29, 0.717) is 6.54 Å². The SMILES string of the molecule is CC(C)(CN)c1ccc(C(O)c2cccnc2)cc1. The summed E-state index contributed by atoms with van der Waals surface area (Å²) in [6.45, 7) is 4.82. The van der Waals surface area contributed by atoms with Crippen molar-refractivity contribution in [2.24, 2.45) is 5.73 Å². The van der Waals surface area contributed by atoms with Gasteiger partial charge in [-0.25, -0.2) is 0 Å². The number of hydrogen-bond acceptors (Lipinski definition) is 3. The van der Waals surface area contributed by atoms with Gasteiger partial charge in [-0.15, -0.1) is 0 Å². The molecular weight excluding hydrogens is 236 g/mol. The third kappa shape index (κ3) is 3.00. The maximum atomic E-state index is 10.3. The Morgan fingerprint density at radius 3 is 2.37 bits per heavy atom. The Hall–Kier alpha value is -1.71. The molecule has 0 amide bonds. The van der Waals surface area contributed by atoms with Gasteiger partial charge in [-0.05, 0) is 17.2 Å². The fourth-order valence-corrected chi connectivity index (χ4v) is 1.96. The van der Waals surface area contributed by atoms with E-state index in [1.54, 1.807) is 12.4 Å². The standard InChI is InChI=1S/C16H20N2O/c1-16(2,11-17)14-7-5-12(6-8-14)15(19)13-4-3-9-18-10-13/h3-10,15,19H,11,17H2,1-2H3. The van der Waals surface area contributed by atoms with Crippen molar-refractivity contribution in [2.75, 3.05) is 6.54 Å². The molecule has 2 aromatic rings. The molecule has 3 heteroatoms. The second-order valence-corrected chi connectivity index (χ2v) is 5.40. The van der Waals surface area contributed by atoms with Crippen LogP contribution in [-0.2, 0) is 5.41 Å². The van der Waals surface area contributed by atoms with E-state index in [-0.39, 0.29) is 5.41 Å². The molecule has 1 aromatic carbocycles. The summed E-state index contributed by atoms with van der Waals surface area (Å²) in [6, 6.07) is 11.7. The molecule has 0 saturated carbocycles. The van der Waals surface area contributed by atoms with Gasteiger partial charge in [0.2, 0.25) is 0 Å². The minimum Gasteiger partial charge on any atom is -0.384 e. The number of benzene rings is 1. The summed E-state index contributed by atoms with van der Waals surface area (Å²) in [5.41, 5.74) is 8.57. The number of aromatic nitrogens is 1. The highest BCUT2D eigenvalue weighted by atomic mass is 16.3. The molecule has 1 aromatic heterocycles. The van der Waals surface area contributed by atoms with Gasteiger partial charge in [0, 0.05) is 29.9 Å². The largest absolute Gasteiger partial charge is 0.384 e. The van der Waals surface area contributed by atoms with Crippen LogP contribution in [0.25, 0.3) is 0 Å². The van der Waals surface area contributed by atoms with Gasteiger partial charge in [-0.1, -0.05) is 44.2 Å². The average Bonchev–Trinajstić information content (AvgIpc) is 2.47. The Morgan fingerprint density at radius 2 is 1.84 bits per heavy atom. The van der Waals surface area contributed by atoms with Crippen molar-refractivity contribution in [3.05, 3.63) is 65.5 Å². The molecule has 3 nitrogen and oxygen atoms in total.